The number of carbonyl (C=O) groups is 2. The first kappa shape index (κ1) is 20.8. The van der Waals surface area contributed by atoms with Crippen LogP contribution in [0.25, 0.3) is 6.08 Å². The number of phenols is 2. The molecule has 0 spiro atoms. The van der Waals surface area contributed by atoms with Gasteiger partial charge in [0, 0.05) is 12.6 Å². The van der Waals surface area contributed by atoms with E-state index in [4.69, 9.17) is 9.47 Å². The van der Waals surface area contributed by atoms with Crippen molar-refractivity contribution in [1.29, 1.82) is 0 Å². The molecule has 0 aliphatic carbocycles. The zero-order chi connectivity index (χ0) is 20.4. The summed E-state index contributed by atoms with van der Waals surface area (Å²) in [6, 6.07) is 11.5. The fourth-order valence-electron chi connectivity index (χ4n) is 2.30. The Hall–Kier alpha value is -3.48. The monoisotopic (exact) mass is 385 g/mol. The molecule has 148 valence electrons. The van der Waals surface area contributed by atoms with Crippen LogP contribution in [-0.2, 0) is 20.7 Å². The molecule has 0 saturated heterocycles. The Morgan fingerprint density at radius 1 is 1.07 bits per heavy atom. The minimum absolute atomic E-state index is 0.131. The largest absolute Gasteiger partial charge is 0.504 e. The Bertz CT molecular complexity index is 829. The summed E-state index contributed by atoms with van der Waals surface area (Å²) in [7, 11) is 0. The predicted octanol–water partition coefficient (Wildman–Crippen LogP) is 2.41. The third kappa shape index (κ3) is 7.03. The zero-order valence-corrected chi connectivity index (χ0v) is 15.6. The second-order valence-electron chi connectivity index (χ2n) is 5.86. The summed E-state index contributed by atoms with van der Waals surface area (Å²) in [6.45, 7) is 2.38. The smallest absolute Gasteiger partial charge is 0.344 e. The van der Waals surface area contributed by atoms with Crippen LogP contribution in [-0.4, -0.2) is 41.8 Å². The maximum atomic E-state index is 11.8. The second kappa shape index (κ2) is 10.6. The van der Waals surface area contributed by atoms with Gasteiger partial charge in [-0.1, -0.05) is 18.2 Å². The summed E-state index contributed by atoms with van der Waals surface area (Å²) in [5, 5.41) is 21.4. The highest BCUT2D eigenvalue weighted by Crippen LogP contribution is 2.25. The molecule has 0 unspecified atom stereocenters. The molecule has 2 aromatic rings. The van der Waals surface area contributed by atoms with Crippen molar-refractivity contribution in [2.45, 2.75) is 13.3 Å². The van der Waals surface area contributed by atoms with Gasteiger partial charge >= 0.3 is 5.97 Å². The highest BCUT2D eigenvalue weighted by molar-refractivity contribution is 5.91. The van der Waals surface area contributed by atoms with Crippen molar-refractivity contribution in [2.75, 3.05) is 19.8 Å². The van der Waals surface area contributed by atoms with Crippen LogP contribution >= 0.6 is 0 Å². The molecule has 0 radical (unpaired) electrons. The van der Waals surface area contributed by atoms with Crippen LogP contribution in [0.5, 0.6) is 17.2 Å². The average molecular weight is 385 g/mol. The molecule has 0 atom stereocenters. The quantitative estimate of drug-likeness (QED) is 0.348. The number of hydrogen-bond acceptors (Lipinski definition) is 6. The van der Waals surface area contributed by atoms with Crippen LogP contribution < -0.4 is 10.1 Å². The maximum Gasteiger partial charge on any atom is 0.344 e. The summed E-state index contributed by atoms with van der Waals surface area (Å²) in [5.74, 6) is -0.552. The lowest BCUT2D eigenvalue weighted by Gasteiger charge is -2.07. The zero-order valence-electron chi connectivity index (χ0n) is 15.6. The Morgan fingerprint density at radius 3 is 2.50 bits per heavy atom. The van der Waals surface area contributed by atoms with Crippen molar-refractivity contribution in [3.63, 3.8) is 0 Å². The molecule has 2 aromatic carbocycles. The number of aromatic hydroxyl groups is 2. The molecular formula is C21H23NO6. The number of hydrogen-bond donors (Lipinski definition) is 3. The molecular weight excluding hydrogens is 362 g/mol. The lowest BCUT2D eigenvalue weighted by atomic mass is 10.1. The Kier molecular flexibility index (Phi) is 7.90. The van der Waals surface area contributed by atoms with E-state index >= 15 is 0 Å². The minimum Gasteiger partial charge on any atom is -0.504 e. The van der Waals surface area contributed by atoms with Crippen LogP contribution in [0.3, 0.4) is 0 Å². The molecule has 0 saturated carbocycles. The average Bonchev–Trinajstić information content (AvgIpc) is 2.68. The van der Waals surface area contributed by atoms with Gasteiger partial charge < -0.3 is 25.0 Å². The number of benzene rings is 2. The number of ether oxygens (including phenoxy) is 2. The molecule has 0 bridgehead atoms. The molecule has 7 heteroatoms. The highest BCUT2D eigenvalue weighted by atomic mass is 16.6. The van der Waals surface area contributed by atoms with Crippen molar-refractivity contribution in [3.05, 3.63) is 59.7 Å². The van der Waals surface area contributed by atoms with E-state index in [1.807, 2.05) is 12.1 Å². The van der Waals surface area contributed by atoms with E-state index in [0.29, 0.717) is 30.9 Å². The van der Waals surface area contributed by atoms with E-state index in [2.05, 4.69) is 5.32 Å². The Morgan fingerprint density at radius 2 is 1.82 bits per heavy atom. The van der Waals surface area contributed by atoms with E-state index in [9.17, 15) is 19.8 Å². The third-order valence-corrected chi connectivity index (χ3v) is 3.72. The van der Waals surface area contributed by atoms with Crippen LogP contribution in [0.1, 0.15) is 18.1 Å². The second-order valence-corrected chi connectivity index (χ2v) is 5.86. The Labute approximate surface area is 163 Å². The lowest BCUT2D eigenvalue weighted by Crippen LogP contribution is -2.23. The molecule has 0 fully saturated rings. The van der Waals surface area contributed by atoms with E-state index in [1.54, 1.807) is 31.2 Å². The fraction of sp³-hybridized carbons (Fsp3) is 0.238. The van der Waals surface area contributed by atoms with Gasteiger partial charge in [-0.15, -0.1) is 0 Å². The van der Waals surface area contributed by atoms with Crippen LogP contribution in [0.2, 0.25) is 0 Å². The van der Waals surface area contributed by atoms with Crippen LogP contribution in [0, 0.1) is 0 Å². The summed E-state index contributed by atoms with van der Waals surface area (Å²) in [5.41, 5.74) is 1.61. The summed E-state index contributed by atoms with van der Waals surface area (Å²) in [6.07, 6.45) is 3.54. The third-order valence-electron chi connectivity index (χ3n) is 3.72. The summed E-state index contributed by atoms with van der Waals surface area (Å²) < 4.78 is 10.1. The number of phenolic OH excluding ortho intramolecular Hbond substituents is 2. The van der Waals surface area contributed by atoms with Gasteiger partial charge in [0.1, 0.15) is 5.75 Å². The van der Waals surface area contributed by atoms with Crippen molar-refractivity contribution in [1.82, 2.24) is 5.32 Å². The van der Waals surface area contributed by atoms with Gasteiger partial charge in [0.2, 0.25) is 5.91 Å². The molecule has 0 aliphatic rings. The van der Waals surface area contributed by atoms with E-state index in [1.165, 1.54) is 18.2 Å². The molecule has 7 nitrogen and oxygen atoms in total. The minimum atomic E-state index is -0.412. The molecule has 0 aliphatic heterocycles. The fourth-order valence-corrected chi connectivity index (χ4v) is 2.30. The number of carbonyl (C=O) groups excluding carboxylic acids is 2. The van der Waals surface area contributed by atoms with Gasteiger partial charge in [-0.2, -0.15) is 0 Å². The predicted molar refractivity (Wildman–Crippen MR) is 104 cm³/mol. The van der Waals surface area contributed by atoms with E-state index in [0.717, 1.165) is 5.56 Å². The number of esters is 1. The molecule has 2 rings (SSSR count). The topological polar surface area (TPSA) is 105 Å². The lowest BCUT2D eigenvalue weighted by molar-refractivity contribution is -0.145. The van der Waals surface area contributed by atoms with Crippen molar-refractivity contribution < 1.29 is 29.3 Å². The first-order valence-electron chi connectivity index (χ1n) is 8.83. The van der Waals surface area contributed by atoms with Gasteiger partial charge in [0.05, 0.1) is 6.61 Å². The van der Waals surface area contributed by atoms with Gasteiger partial charge in [-0.25, -0.2) is 4.79 Å². The first-order valence-corrected chi connectivity index (χ1v) is 8.83. The van der Waals surface area contributed by atoms with E-state index in [-0.39, 0.29) is 24.0 Å². The maximum absolute atomic E-state index is 11.8. The van der Waals surface area contributed by atoms with Gasteiger partial charge in [0.15, 0.2) is 18.1 Å². The SMILES string of the molecule is CCOC(=O)COc1ccc(CCNC(=O)C=Cc2ccc(O)c(O)c2)cc1. The summed E-state index contributed by atoms with van der Waals surface area (Å²) in [4.78, 5) is 23.1. The normalized spacial score (nSPS) is 10.6. The van der Waals surface area contributed by atoms with Crippen LogP contribution in [0.15, 0.2) is 48.5 Å². The Balaban J connectivity index is 1.73. The van der Waals surface area contributed by atoms with Gasteiger partial charge in [-0.05, 0) is 54.8 Å². The van der Waals surface area contributed by atoms with Crippen molar-refractivity contribution in [2.24, 2.45) is 0 Å². The van der Waals surface area contributed by atoms with Gasteiger partial charge in [0.25, 0.3) is 0 Å². The molecule has 0 aromatic heterocycles. The van der Waals surface area contributed by atoms with Crippen LogP contribution in [0.4, 0.5) is 0 Å². The molecule has 28 heavy (non-hydrogen) atoms. The van der Waals surface area contributed by atoms with Crippen molar-refractivity contribution >= 4 is 18.0 Å². The molecule has 1 amide bonds. The number of rotatable bonds is 9. The molecule has 0 heterocycles. The molecule has 3 N–H and O–H groups in total. The summed E-state index contributed by atoms with van der Waals surface area (Å²) >= 11 is 0. The van der Waals surface area contributed by atoms with Crippen molar-refractivity contribution in [3.8, 4) is 17.2 Å². The van der Waals surface area contributed by atoms with Gasteiger partial charge in [-0.3, -0.25) is 4.79 Å². The standard InChI is InChI=1S/C21H23NO6/c1-2-27-21(26)14-28-17-7-3-15(4-8-17)11-12-22-20(25)10-6-16-5-9-18(23)19(24)13-16/h3-10,13,23-24H,2,11-12,14H2,1H3,(H,22,25). The van der Waals surface area contributed by atoms with E-state index < -0.39 is 5.97 Å². The number of nitrogens with one attached hydrogen (secondary N) is 1. The highest BCUT2D eigenvalue weighted by Gasteiger charge is 2.03. The first-order chi connectivity index (χ1) is 13.5. The number of amides is 1.